The van der Waals surface area contributed by atoms with E-state index in [4.69, 9.17) is 0 Å². The van der Waals surface area contributed by atoms with Crippen molar-refractivity contribution in [1.29, 1.82) is 0 Å². The van der Waals surface area contributed by atoms with Crippen molar-refractivity contribution in [3.8, 4) is 0 Å². The number of aliphatic hydroxyl groups excluding tert-OH is 3. The molecule has 0 aliphatic heterocycles. The van der Waals surface area contributed by atoms with Gasteiger partial charge in [-0.1, -0.05) is 149 Å². The monoisotopic (exact) mass is 513 g/mol. The lowest BCUT2D eigenvalue weighted by Crippen LogP contribution is -2.46. The first-order valence-corrected chi connectivity index (χ1v) is 15.8. The van der Waals surface area contributed by atoms with Crippen molar-refractivity contribution in [2.75, 3.05) is 6.61 Å². The second kappa shape index (κ2) is 27.4. The van der Waals surface area contributed by atoms with Gasteiger partial charge in [0.25, 0.3) is 0 Å². The first kappa shape index (κ1) is 35.4. The van der Waals surface area contributed by atoms with Gasteiger partial charge in [-0.3, -0.25) is 4.79 Å². The summed E-state index contributed by atoms with van der Waals surface area (Å²) in [7, 11) is 0. The summed E-state index contributed by atoms with van der Waals surface area (Å²) < 4.78 is 0. The van der Waals surface area contributed by atoms with E-state index < -0.39 is 18.2 Å². The smallest absolute Gasteiger partial charge is 0.222 e. The van der Waals surface area contributed by atoms with Crippen LogP contribution in [0.15, 0.2) is 0 Å². The maximum Gasteiger partial charge on any atom is 0.222 e. The van der Waals surface area contributed by atoms with Gasteiger partial charge in [-0.15, -0.1) is 0 Å². The van der Waals surface area contributed by atoms with Gasteiger partial charge in [-0.2, -0.15) is 0 Å². The molecule has 4 N–H and O–H groups in total. The fourth-order valence-corrected chi connectivity index (χ4v) is 4.93. The number of hydrogen-bond acceptors (Lipinski definition) is 4. The van der Waals surface area contributed by atoms with Gasteiger partial charge in [-0.25, -0.2) is 0 Å². The average molecular weight is 514 g/mol. The molecule has 0 saturated heterocycles. The zero-order chi connectivity index (χ0) is 26.7. The lowest BCUT2D eigenvalue weighted by atomic mass is 10.0. The maximum atomic E-state index is 12.3. The summed E-state index contributed by atoms with van der Waals surface area (Å²) in [5, 5.41) is 32.9. The Morgan fingerprint density at radius 2 is 0.944 bits per heavy atom. The van der Waals surface area contributed by atoms with E-state index in [0.717, 1.165) is 25.7 Å². The van der Waals surface area contributed by atoms with E-state index in [1.165, 1.54) is 109 Å². The molecule has 3 atom stereocenters. The predicted molar refractivity (Wildman–Crippen MR) is 153 cm³/mol. The summed E-state index contributed by atoms with van der Waals surface area (Å²) in [6, 6.07) is -0.648. The third-order valence-electron chi connectivity index (χ3n) is 7.42. The number of hydrogen-bond donors (Lipinski definition) is 4. The Hall–Kier alpha value is -0.650. The van der Waals surface area contributed by atoms with Crippen LogP contribution in [0.2, 0.25) is 0 Å². The summed E-state index contributed by atoms with van der Waals surface area (Å²) in [5.74, 6) is -0.287. The standard InChI is InChI=1S/C31H63NO4/c1-3-5-7-9-11-13-14-15-16-17-19-21-23-25-30(35)29(27-33)32-31(36)26-28(34)24-22-20-18-12-10-8-6-4-2/h28-30,33-35H,3-27H2,1-2H3,(H,32,36)/t28?,29-,30+/m0/s1. The number of aliphatic hydroxyl groups is 3. The molecule has 36 heavy (non-hydrogen) atoms. The zero-order valence-electron chi connectivity index (χ0n) is 24.2. The van der Waals surface area contributed by atoms with Crippen molar-refractivity contribution < 1.29 is 20.1 Å². The highest BCUT2D eigenvalue weighted by Crippen LogP contribution is 2.15. The Balaban J connectivity index is 3.71. The van der Waals surface area contributed by atoms with Crippen molar-refractivity contribution >= 4 is 5.91 Å². The van der Waals surface area contributed by atoms with Crippen molar-refractivity contribution in [2.45, 2.75) is 186 Å². The van der Waals surface area contributed by atoms with Gasteiger partial charge in [0.15, 0.2) is 0 Å². The van der Waals surface area contributed by atoms with Crippen LogP contribution < -0.4 is 5.32 Å². The molecule has 0 radical (unpaired) electrons. The van der Waals surface area contributed by atoms with Crippen LogP contribution in [-0.4, -0.2) is 46.1 Å². The predicted octanol–water partition coefficient (Wildman–Crippen LogP) is 7.59. The minimum atomic E-state index is -0.739. The van der Waals surface area contributed by atoms with Crippen LogP contribution >= 0.6 is 0 Å². The Kier molecular flexibility index (Phi) is 26.9. The molecule has 0 aliphatic rings. The molecule has 0 fully saturated rings. The van der Waals surface area contributed by atoms with E-state index in [-0.39, 0.29) is 18.9 Å². The Morgan fingerprint density at radius 1 is 0.583 bits per heavy atom. The van der Waals surface area contributed by atoms with Gasteiger partial charge >= 0.3 is 0 Å². The van der Waals surface area contributed by atoms with Gasteiger partial charge in [0.05, 0.1) is 31.3 Å². The number of rotatable bonds is 28. The van der Waals surface area contributed by atoms with E-state index >= 15 is 0 Å². The maximum absolute atomic E-state index is 12.3. The number of carbonyl (C=O) groups excluding carboxylic acids is 1. The van der Waals surface area contributed by atoms with E-state index in [9.17, 15) is 20.1 Å². The minimum absolute atomic E-state index is 0.0401. The molecule has 0 bridgehead atoms. The van der Waals surface area contributed by atoms with E-state index in [1.807, 2.05) is 0 Å². The second-order valence-corrected chi connectivity index (χ2v) is 11.1. The first-order valence-electron chi connectivity index (χ1n) is 15.8. The summed E-state index contributed by atoms with van der Waals surface area (Å²) in [6.07, 6.45) is 26.2. The average Bonchev–Trinajstić information content (AvgIpc) is 2.86. The largest absolute Gasteiger partial charge is 0.394 e. The molecule has 0 aromatic rings. The lowest BCUT2D eigenvalue weighted by molar-refractivity contribution is -0.125. The molecule has 5 nitrogen and oxygen atoms in total. The van der Waals surface area contributed by atoms with Crippen molar-refractivity contribution in [3.05, 3.63) is 0 Å². The topological polar surface area (TPSA) is 89.8 Å². The molecule has 0 aromatic heterocycles. The summed E-state index contributed by atoms with van der Waals surface area (Å²) in [6.45, 7) is 4.21. The van der Waals surface area contributed by atoms with E-state index in [1.54, 1.807) is 0 Å². The third-order valence-corrected chi connectivity index (χ3v) is 7.42. The highest BCUT2D eigenvalue weighted by Gasteiger charge is 2.21. The van der Waals surface area contributed by atoms with E-state index in [0.29, 0.717) is 12.8 Å². The van der Waals surface area contributed by atoms with E-state index in [2.05, 4.69) is 19.2 Å². The van der Waals surface area contributed by atoms with Gasteiger partial charge in [0, 0.05) is 0 Å². The van der Waals surface area contributed by atoms with Gasteiger partial charge in [0.2, 0.25) is 5.91 Å². The summed E-state index contributed by atoms with van der Waals surface area (Å²) >= 11 is 0. The second-order valence-electron chi connectivity index (χ2n) is 11.1. The number of carbonyl (C=O) groups is 1. The van der Waals surface area contributed by atoms with Crippen LogP contribution in [0.25, 0.3) is 0 Å². The Bertz CT molecular complexity index is 460. The fraction of sp³-hybridized carbons (Fsp3) is 0.968. The van der Waals surface area contributed by atoms with Crippen LogP contribution in [-0.2, 0) is 4.79 Å². The number of unbranched alkanes of at least 4 members (excludes halogenated alkanes) is 19. The molecule has 0 rings (SSSR count). The van der Waals surface area contributed by atoms with Gasteiger partial charge in [0.1, 0.15) is 0 Å². The minimum Gasteiger partial charge on any atom is -0.394 e. The van der Waals surface area contributed by atoms with Crippen LogP contribution in [0.4, 0.5) is 0 Å². The molecule has 0 aromatic carbocycles. The molecular formula is C31H63NO4. The van der Waals surface area contributed by atoms with Gasteiger partial charge < -0.3 is 20.6 Å². The molecular weight excluding hydrogens is 450 g/mol. The molecule has 216 valence electrons. The van der Waals surface area contributed by atoms with Crippen molar-refractivity contribution in [3.63, 3.8) is 0 Å². The third kappa shape index (κ3) is 23.7. The lowest BCUT2D eigenvalue weighted by Gasteiger charge is -2.23. The van der Waals surface area contributed by atoms with Crippen LogP contribution in [0, 0.1) is 0 Å². The normalized spacial score (nSPS) is 14.0. The highest BCUT2D eigenvalue weighted by atomic mass is 16.3. The van der Waals surface area contributed by atoms with Crippen LogP contribution in [0.5, 0.6) is 0 Å². The SMILES string of the molecule is CCCCCCCCCCCCCCC[C@@H](O)[C@H](CO)NC(=O)CC(O)CCCCCCCCCC. The highest BCUT2D eigenvalue weighted by molar-refractivity contribution is 5.76. The Labute approximate surface area is 224 Å². The molecule has 1 unspecified atom stereocenters. The zero-order valence-corrected chi connectivity index (χ0v) is 24.2. The molecule has 0 aliphatic carbocycles. The van der Waals surface area contributed by atoms with Crippen LogP contribution in [0.3, 0.4) is 0 Å². The quantitative estimate of drug-likeness (QED) is 0.0811. The van der Waals surface area contributed by atoms with Crippen molar-refractivity contribution in [1.82, 2.24) is 5.32 Å². The molecule has 0 saturated carbocycles. The Morgan fingerprint density at radius 3 is 1.33 bits per heavy atom. The van der Waals surface area contributed by atoms with Gasteiger partial charge in [-0.05, 0) is 12.8 Å². The summed E-state index contributed by atoms with van der Waals surface area (Å²) in [5.41, 5.74) is 0. The fourth-order valence-electron chi connectivity index (χ4n) is 4.93. The molecule has 0 spiro atoms. The number of amides is 1. The molecule has 5 heteroatoms. The molecule has 0 heterocycles. The van der Waals surface area contributed by atoms with Crippen LogP contribution in [0.1, 0.15) is 168 Å². The first-order chi connectivity index (χ1) is 17.5. The van der Waals surface area contributed by atoms with Crippen molar-refractivity contribution in [2.24, 2.45) is 0 Å². The summed E-state index contributed by atoms with van der Waals surface area (Å²) in [4.78, 5) is 12.3. The molecule has 1 amide bonds. The number of nitrogens with one attached hydrogen (secondary N) is 1.